The van der Waals surface area contributed by atoms with Gasteiger partial charge in [-0.05, 0) is 48.0 Å². The van der Waals surface area contributed by atoms with Crippen LogP contribution in [0.25, 0.3) is 0 Å². The highest BCUT2D eigenvalue weighted by molar-refractivity contribution is 7.92. The van der Waals surface area contributed by atoms with Crippen molar-refractivity contribution in [2.75, 3.05) is 12.3 Å². The van der Waals surface area contributed by atoms with Crippen LogP contribution in [-0.4, -0.2) is 37.2 Å². The Hall–Kier alpha value is -0.780. The Morgan fingerprint density at radius 1 is 1.11 bits per heavy atom. The number of hydrogen-bond acceptors (Lipinski definition) is 4. The third kappa shape index (κ3) is 6.83. The molecule has 0 aliphatic carbocycles. The summed E-state index contributed by atoms with van der Waals surface area (Å²) in [6.07, 6.45) is -0.130. The first-order chi connectivity index (χ1) is 7.85. The summed E-state index contributed by atoms with van der Waals surface area (Å²) in [5, 5.41) is 2.54. The van der Waals surface area contributed by atoms with E-state index in [4.69, 9.17) is 4.74 Å². The second-order valence-electron chi connectivity index (χ2n) is 6.21. The highest BCUT2D eigenvalue weighted by atomic mass is 32.2. The molecule has 0 saturated heterocycles. The average Bonchev–Trinajstić information content (AvgIpc) is 2.07. The van der Waals surface area contributed by atoms with Gasteiger partial charge in [0.2, 0.25) is 0 Å². The van der Waals surface area contributed by atoms with Crippen molar-refractivity contribution in [1.29, 1.82) is 0 Å². The standard InChI is InChI=1S/C12H25NO4S/c1-11(2,3)17-10(14)13-8-7-9-18(15,16)12(4,5)6/h7-9H2,1-6H3,(H,13,14). The third-order valence-electron chi connectivity index (χ3n) is 2.19. The van der Waals surface area contributed by atoms with Gasteiger partial charge in [-0.3, -0.25) is 0 Å². The lowest BCUT2D eigenvalue weighted by molar-refractivity contribution is 0.0528. The van der Waals surface area contributed by atoms with E-state index in [-0.39, 0.29) is 5.75 Å². The Morgan fingerprint density at radius 3 is 2.00 bits per heavy atom. The van der Waals surface area contributed by atoms with Crippen molar-refractivity contribution in [3.05, 3.63) is 0 Å². The summed E-state index contributed by atoms with van der Waals surface area (Å²) < 4.78 is 27.8. The van der Waals surface area contributed by atoms with E-state index in [0.717, 1.165) is 0 Å². The number of rotatable bonds is 4. The van der Waals surface area contributed by atoms with E-state index in [2.05, 4.69) is 5.32 Å². The minimum atomic E-state index is -3.12. The van der Waals surface area contributed by atoms with Gasteiger partial charge in [-0.25, -0.2) is 13.2 Å². The quantitative estimate of drug-likeness (QED) is 0.800. The van der Waals surface area contributed by atoms with E-state index in [9.17, 15) is 13.2 Å². The van der Waals surface area contributed by atoms with E-state index < -0.39 is 26.3 Å². The number of hydrogen-bond donors (Lipinski definition) is 1. The molecule has 0 aliphatic heterocycles. The number of alkyl carbamates (subject to hydrolysis) is 1. The molecule has 0 rings (SSSR count). The fraction of sp³-hybridized carbons (Fsp3) is 0.917. The molecule has 108 valence electrons. The predicted molar refractivity (Wildman–Crippen MR) is 72.4 cm³/mol. The van der Waals surface area contributed by atoms with E-state index in [0.29, 0.717) is 13.0 Å². The summed E-state index contributed by atoms with van der Waals surface area (Å²) in [6.45, 7) is 10.6. The highest BCUT2D eigenvalue weighted by Gasteiger charge is 2.28. The molecule has 1 N–H and O–H groups in total. The summed E-state index contributed by atoms with van der Waals surface area (Å²) in [7, 11) is -3.12. The lowest BCUT2D eigenvalue weighted by atomic mass is 10.2. The Kier molecular flexibility index (Phi) is 5.65. The molecule has 0 heterocycles. The molecular formula is C12H25NO4S. The number of nitrogens with one attached hydrogen (secondary N) is 1. The van der Waals surface area contributed by atoms with Gasteiger partial charge in [0.25, 0.3) is 0 Å². The van der Waals surface area contributed by atoms with Crippen molar-refractivity contribution < 1.29 is 17.9 Å². The summed E-state index contributed by atoms with van der Waals surface area (Å²) in [5.41, 5.74) is -0.540. The lowest BCUT2D eigenvalue weighted by Gasteiger charge is -2.20. The molecule has 0 spiro atoms. The van der Waals surface area contributed by atoms with E-state index in [1.807, 2.05) is 0 Å². The average molecular weight is 279 g/mol. The molecule has 0 bridgehead atoms. The molecule has 0 aliphatic rings. The van der Waals surface area contributed by atoms with Gasteiger partial charge in [-0.1, -0.05) is 0 Å². The summed E-state index contributed by atoms with van der Waals surface area (Å²) in [6, 6.07) is 0. The summed E-state index contributed by atoms with van der Waals surface area (Å²) in [4.78, 5) is 11.3. The smallest absolute Gasteiger partial charge is 0.407 e. The van der Waals surface area contributed by atoms with E-state index in [1.165, 1.54) is 0 Å². The minimum Gasteiger partial charge on any atom is -0.444 e. The fourth-order valence-electron chi connectivity index (χ4n) is 1.07. The van der Waals surface area contributed by atoms with Crippen LogP contribution in [0.2, 0.25) is 0 Å². The summed E-state index contributed by atoms with van der Waals surface area (Å²) in [5.74, 6) is 0.0618. The van der Waals surface area contributed by atoms with Gasteiger partial charge in [0.05, 0.1) is 10.5 Å². The zero-order valence-corrected chi connectivity index (χ0v) is 13.0. The SMILES string of the molecule is CC(C)(C)OC(=O)NCCCS(=O)(=O)C(C)(C)C. The Labute approximate surface area is 110 Å². The van der Waals surface area contributed by atoms with Gasteiger partial charge in [-0.15, -0.1) is 0 Å². The summed E-state index contributed by atoms with van der Waals surface area (Å²) >= 11 is 0. The molecule has 5 nitrogen and oxygen atoms in total. The first kappa shape index (κ1) is 17.2. The van der Waals surface area contributed by atoms with Crippen molar-refractivity contribution in [2.45, 2.75) is 58.3 Å². The number of carbonyl (C=O) groups excluding carboxylic acids is 1. The van der Waals surface area contributed by atoms with Crippen LogP contribution >= 0.6 is 0 Å². The lowest BCUT2D eigenvalue weighted by Crippen LogP contribution is -2.35. The van der Waals surface area contributed by atoms with Crippen molar-refractivity contribution >= 4 is 15.9 Å². The number of ether oxygens (including phenoxy) is 1. The molecule has 0 aromatic carbocycles. The van der Waals surface area contributed by atoms with Crippen LogP contribution in [0.1, 0.15) is 48.0 Å². The molecule has 1 amide bonds. The normalized spacial score (nSPS) is 13.2. The molecule has 6 heteroatoms. The Morgan fingerprint density at radius 2 is 1.61 bits per heavy atom. The van der Waals surface area contributed by atoms with Crippen LogP contribution in [0.15, 0.2) is 0 Å². The van der Waals surface area contributed by atoms with Gasteiger partial charge in [0, 0.05) is 6.54 Å². The van der Waals surface area contributed by atoms with Crippen LogP contribution in [-0.2, 0) is 14.6 Å². The fourth-order valence-corrected chi connectivity index (χ4v) is 2.21. The maximum atomic E-state index is 11.8. The molecule has 0 aromatic rings. The molecule has 18 heavy (non-hydrogen) atoms. The van der Waals surface area contributed by atoms with Gasteiger partial charge < -0.3 is 10.1 Å². The van der Waals surface area contributed by atoms with Gasteiger partial charge in [-0.2, -0.15) is 0 Å². The minimum absolute atomic E-state index is 0.0618. The van der Waals surface area contributed by atoms with Crippen LogP contribution in [0, 0.1) is 0 Å². The molecule has 0 unspecified atom stereocenters. The predicted octanol–water partition coefficient (Wildman–Crippen LogP) is 2.11. The van der Waals surface area contributed by atoms with Crippen LogP contribution < -0.4 is 5.32 Å². The maximum absolute atomic E-state index is 11.8. The van der Waals surface area contributed by atoms with E-state index >= 15 is 0 Å². The molecule has 0 radical (unpaired) electrons. The van der Waals surface area contributed by atoms with E-state index in [1.54, 1.807) is 41.5 Å². The second-order valence-corrected chi connectivity index (χ2v) is 9.08. The zero-order valence-electron chi connectivity index (χ0n) is 12.2. The number of sulfone groups is 1. The maximum Gasteiger partial charge on any atom is 0.407 e. The van der Waals surface area contributed by atoms with Gasteiger partial charge >= 0.3 is 6.09 Å². The Balaban J connectivity index is 4.00. The molecule has 0 atom stereocenters. The van der Waals surface area contributed by atoms with Gasteiger partial charge in [0.1, 0.15) is 5.60 Å². The Bertz CT molecular complexity index is 374. The molecule has 0 fully saturated rings. The highest BCUT2D eigenvalue weighted by Crippen LogP contribution is 2.16. The van der Waals surface area contributed by atoms with Crippen LogP contribution in [0.4, 0.5) is 4.79 Å². The molecular weight excluding hydrogens is 254 g/mol. The molecule has 0 aromatic heterocycles. The number of carbonyl (C=O) groups is 1. The van der Waals surface area contributed by atoms with Gasteiger partial charge in [0.15, 0.2) is 9.84 Å². The molecule has 0 saturated carbocycles. The van der Waals surface area contributed by atoms with Crippen LogP contribution in [0.5, 0.6) is 0 Å². The third-order valence-corrected chi connectivity index (χ3v) is 4.88. The van der Waals surface area contributed by atoms with Crippen molar-refractivity contribution in [1.82, 2.24) is 5.32 Å². The largest absolute Gasteiger partial charge is 0.444 e. The monoisotopic (exact) mass is 279 g/mol. The topological polar surface area (TPSA) is 72.5 Å². The second kappa shape index (κ2) is 5.91. The first-order valence-corrected chi connectivity index (χ1v) is 7.69. The van der Waals surface area contributed by atoms with Crippen molar-refractivity contribution in [2.24, 2.45) is 0 Å². The number of amides is 1. The van der Waals surface area contributed by atoms with Crippen molar-refractivity contribution in [3.8, 4) is 0 Å². The zero-order chi connectivity index (χ0) is 14.6. The first-order valence-electron chi connectivity index (χ1n) is 6.04. The van der Waals surface area contributed by atoms with Crippen LogP contribution in [0.3, 0.4) is 0 Å². The van der Waals surface area contributed by atoms with Crippen molar-refractivity contribution in [3.63, 3.8) is 0 Å².